The van der Waals surface area contributed by atoms with Crippen molar-refractivity contribution in [3.05, 3.63) is 50.9 Å². The summed E-state index contributed by atoms with van der Waals surface area (Å²) in [6.07, 6.45) is 1.49. The van der Waals surface area contributed by atoms with Gasteiger partial charge in [-0.05, 0) is 45.0 Å². The van der Waals surface area contributed by atoms with Crippen molar-refractivity contribution in [1.82, 2.24) is 15.1 Å². The summed E-state index contributed by atoms with van der Waals surface area (Å²) in [6, 6.07) is 6.74. The maximum atomic E-state index is 12.6. The highest BCUT2D eigenvalue weighted by molar-refractivity contribution is 6.33. The second kappa shape index (κ2) is 8.36. The van der Waals surface area contributed by atoms with Gasteiger partial charge in [0.15, 0.2) is 0 Å². The van der Waals surface area contributed by atoms with E-state index in [0.29, 0.717) is 22.9 Å². The van der Waals surface area contributed by atoms with Gasteiger partial charge in [-0.2, -0.15) is 9.78 Å². The Hall–Kier alpha value is -2.05. The molecular formula is C17H20Cl2N4O2. The van der Waals surface area contributed by atoms with Crippen LogP contribution in [0.4, 0.5) is 5.69 Å². The topological polar surface area (TPSA) is 67.2 Å². The number of carbonyl (C=O) groups is 1. The molecule has 0 aliphatic carbocycles. The summed E-state index contributed by atoms with van der Waals surface area (Å²) in [7, 11) is 0. The standard InChI is InChI=1S/C17H20Cl2N4O2/c1-4-22(10-15(24)21-11(2)3)14-9-20-23(17(25)16(14)19)13-7-5-12(18)6-8-13/h5-9,11H,4,10H2,1-3H3,(H,21,24). The van der Waals surface area contributed by atoms with Crippen LogP contribution in [-0.2, 0) is 4.79 Å². The van der Waals surface area contributed by atoms with Crippen LogP contribution >= 0.6 is 23.2 Å². The Bertz CT molecular complexity index is 803. The molecule has 0 spiro atoms. The Morgan fingerprint density at radius 2 is 1.92 bits per heavy atom. The molecule has 25 heavy (non-hydrogen) atoms. The second-order valence-corrected chi connectivity index (χ2v) is 6.59. The van der Waals surface area contributed by atoms with Crippen LogP contribution in [0, 0.1) is 0 Å². The molecule has 0 bridgehead atoms. The lowest BCUT2D eigenvalue weighted by Gasteiger charge is -2.23. The van der Waals surface area contributed by atoms with Crippen LogP contribution in [0.1, 0.15) is 20.8 Å². The first kappa shape index (κ1) is 19.3. The van der Waals surface area contributed by atoms with Crippen LogP contribution < -0.4 is 15.8 Å². The molecule has 0 aliphatic rings. The fourth-order valence-corrected chi connectivity index (χ4v) is 2.69. The second-order valence-electron chi connectivity index (χ2n) is 5.77. The number of nitrogens with one attached hydrogen (secondary N) is 1. The molecule has 0 radical (unpaired) electrons. The summed E-state index contributed by atoms with van der Waals surface area (Å²) >= 11 is 12.1. The summed E-state index contributed by atoms with van der Waals surface area (Å²) in [6.45, 7) is 6.26. The van der Waals surface area contributed by atoms with E-state index in [1.807, 2.05) is 20.8 Å². The molecule has 0 aliphatic heterocycles. The molecule has 8 heteroatoms. The van der Waals surface area contributed by atoms with E-state index < -0.39 is 5.56 Å². The van der Waals surface area contributed by atoms with E-state index in [9.17, 15) is 9.59 Å². The summed E-state index contributed by atoms with van der Waals surface area (Å²) < 4.78 is 1.20. The van der Waals surface area contributed by atoms with Crippen LogP contribution in [0.5, 0.6) is 0 Å². The lowest BCUT2D eigenvalue weighted by molar-refractivity contribution is -0.120. The maximum Gasteiger partial charge on any atom is 0.292 e. The zero-order valence-electron chi connectivity index (χ0n) is 14.3. The average molecular weight is 383 g/mol. The molecule has 2 rings (SSSR count). The van der Waals surface area contributed by atoms with Gasteiger partial charge >= 0.3 is 0 Å². The molecule has 0 saturated heterocycles. The molecule has 1 amide bonds. The van der Waals surface area contributed by atoms with Gasteiger partial charge in [0.05, 0.1) is 24.1 Å². The van der Waals surface area contributed by atoms with Gasteiger partial charge in [0.2, 0.25) is 5.91 Å². The summed E-state index contributed by atoms with van der Waals surface area (Å²) in [5.41, 5.74) is 0.533. The number of carbonyl (C=O) groups excluding carboxylic acids is 1. The average Bonchev–Trinajstić information content (AvgIpc) is 2.56. The predicted octanol–water partition coefficient (Wildman–Crippen LogP) is 2.89. The predicted molar refractivity (Wildman–Crippen MR) is 101 cm³/mol. The van der Waals surface area contributed by atoms with Gasteiger partial charge in [0, 0.05) is 17.6 Å². The van der Waals surface area contributed by atoms with E-state index in [2.05, 4.69) is 10.4 Å². The summed E-state index contributed by atoms with van der Waals surface area (Å²) in [5, 5.41) is 7.57. The van der Waals surface area contributed by atoms with Crippen molar-refractivity contribution in [2.75, 3.05) is 18.0 Å². The fraction of sp³-hybridized carbons (Fsp3) is 0.353. The third-order valence-electron chi connectivity index (χ3n) is 3.48. The lowest BCUT2D eigenvalue weighted by atomic mass is 10.3. The molecule has 134 valence electrons. The largest absolute Gasteiger partial charge is 0.360 e. The van der Waals surface area contributed by atoms with E-state index in [-0.39, 0.29) is 23.5 Å². The number of hydrogen-bond acceptors (Lipinski definition) is 4. The number of benzene rings is 1. The molecule has 0 saturated carbocycles. The van der Waals surface area contributed by atoms with Crippen molar-refractivity contribution in [3.8, 4) is 5.69 Å². The van der Waals surface area contributed by atoms with E-state index in [4.69, 9.17) is 23.2 Å². The first-order chi connectivity index (χ1) is 11.8. The Balaban J connectivity index is 2.33. The molecule has 1 N–H and O–H groups in total. The molecule has 2 aromatic rings. The van der Waals surface area contributed by atoms with Gasteiger partial charge in [-0.15, -0.1) is 0 Å². The summed E-state index contributed by atoms with van der Waals surface area (Å²) in [4.78, 5) is 26.3. The smallest absolute Gasteiger partial charge is 0.292 e. The summed E-state index contributed by atoms with van der Waals surface area (Å²) in [5.74, 6) is -0.144. The molecular weight excluding hydrogens is 363 g/mol. The number of rotatable bonds is 6. The maximum absolute atomic E-state index is 12.6. The Morgan fingerprint density at radius 3 is 2.48 bits per heavy atom. The molecule has 1 aromatic carbocycles. The minimum atomic E-state index is -0.454. The number of likely N-dealkylation sites (N-methyl/N-ethyl adjacent to an activating group) is 1. The SMILES string of the molecule is CCN(CC(=O)NC(C)C)c1cnn(-c2ccc(Cl)cc2)c(=O)c1Cl. The minimum Gasteiger partial charge on any atom is -0.360 e. The van der Waals surface area contributed by atoms with Crippen LogP contribution in [0.15, 0.2) is 35.3 Å². The zero-order chi connectivity index (χ0) is 18.6. The highest BCUT2D eigenvalue weighted by atomic mass is 35.5. The van der Waals surface area contributed by atoms with Gasteiger partial charge in [-0.25, -0.2) is 0 Å². The van der Waals surface area contributed by atoms with Crippen molar-refractivity contribution >= 4 is 34.8 Å². The van der Waals surface area contributed by atoms with E-state index in [0.717, 1.165) is 0 Å². The quantitative estimate of drug-likeness (QED) is 0.833. The number of amides is 1. The van der Waals surface area contributed by atoms with Crippen molar-refractivity contribution < 1.29 is 4.79 Å². The van der Waals surface area contributed by atoms with Crippen molar-refractivity contribution in [3.63, 3.8) is 0 Å². The molecule has 1 heterocycles. The van der Waals surface area contributed by atoms with Gasteiger partial charge in [0.1, 0.15) is 5.02 Å². The van der Waals surface area contributed by atoms with Crippen LogP contribution in [-0.4, -0.2) is 34.8 Å². The molecule has 6 nitrogen and oxygen atoms in total. The fourth-order valence-electron chi connectivity index (χ4n) is 2.32. The number of halogens is 2. The van der Waals surface area contributed by atoms with Crippen molar-refractivity contribution in [2.24, 2.45) is 0 Å². The number of nitrogens with zero attached hydrogens (tertiary/aromatic N) is 3. The zero-order valence-corrected chi connectivity index (χ0v) is 15.8. The van der Waals surface area contributed by atoms with Gasteiger partial charge < -0.3 is 10.2 Å². The first-order valence-corrected chi connectivity index (χ1v) is 8.67. The Labute approximate surface area is 156 Å². The number of aromatic nitrogens is 2. The highest BCUT2D eigenvalue weighted by Gasteiger charge is 2.18. The Morgan fingerprint density at radius 1 is 1.28 bits per heavy atom. The lowest BCUT2D eigenvalue weighted by Crippen LogP contribution is -2.41. The number of hydrogen-bond donors (Lipinski definition) is 1. The van der Waals surface area contributed by atoms with E-state index in [1.165, 1.54) is 10.9 Å². The minimum absolute atomic E-state index is 0.0177. The van der Waals surface area contributed by atoms with E-state index in [1.54, 1.807) is 29.2 Å². The van der Waals surface area contributed by atoms with Gasteiger partial charge in [-0.3, -0.25) is 9.59 Å². The van der Waals surface area contributed by atoms with Crippen molar-refractivity contribution in [1.29, 1.82) is 0 Å². The monoisotopic (exact) mass is 382 g/mol. The van der Waals surface area contributed by atoms with Crippen LogP contribution in [0.25, 0.3) is 5.69 Å². The van der Waals surface area contributed by atoms with Gasteiger partial charge in [0.25, 0.3) is 5.56 Å². The normalized spacial score (nSPS) is 10.8. The Kier molecular flexibility index (Phi) is 6.45. The van der Waals surface area contributed by atoms with Crippen LogP contribution in [0.2, 0.25) is 10.0 Å². The molecule has 0 atom stereocenters. The van der Waals surface area contributed by atoms with Crippen LogP contribution in [0.3, 0.4) is 0 Å². The first-order valence-electron chi connectivity index (χ1n) is 7.91. The molecule has 0 unspecified atom stereocenters. The molecule has 0 fully saturated rings. The number of anilines is 1. The van der Waals surface area contributed by atoms with E-state index >= 15 is 0 Å². The highest BCUT2D eigenvalue weighted by Crippen LogP contribution is 2.21. The third-order valence-corrected chi connectivity index (χ3v) is 4.09. The molecule has 1 aromatic heterocycles. The van der Waals surface area contributed by atoms with Gasteiger partial charge in [-0.1, -0.05) is 23.2 Å². The van der Waals surface area contributed by atoms with Crippen molar-refractivity contribution in [2.45, 2.75) is 26.8 Å². The third kappa shape index (κ3) is 4.74.